The van der Waals surface area contributed by atoms with Crippen LogP contribution in [-0.4, -0.2) is 28.6 Å². The third-order valence-corrected chi connectivity index (χ3v) is 4.54. The van der Waals surface area contributed by atoms with Crippen molar-refractivity contribution in [3.63, 3.8) is 0 Å². The second kappa shape index (κ2) is 8.38. The molecule has 0 aliphatic heterocycles. The standard InChI is InChI=1S/C14H25N3S/c1-4-11(3)18-10-13(16-5-2)9-12-7-6-8-17-14(12)15/h6-8,11,13,16H,4-5,9-10H2,1-3H3,(H2,15,17). The van der Waals surface area contributed by atoms with Crippen molar-refractivity contribution in [2.45, 2.75) is 44.9 Å². The van der Waals surface area contributed by atoms with E-state index in [9.17, 15) is 0 Å². The van der Waals surface area contributed by atoms with Crippen molar-refractivity contribution in [3.8, 4) is 0 Å². The highest BCUT2D eigenvalue weighted by Crippen LogP contribution is 2.17. The Hall–Kier alpha value is -0.740. The lowest BCUT2D eigenvalue weighted by Gasteiger charge is -2.20. The first-order valence-corrected chi connectivity index (χ1v) is 7.76. The summed E-state index contributed by atoms with van der Waals surface area (Å²) in [6.45, 7) is 7.66. The molecule has 0 fully saturated rings. The van der Waals surface area contributed by atoms with Crippen molar-refractivity contribution in [1.29, 1.82) is 0 Å². The highest BCUT2D eigenvalue weighted by molar-refractivity contribution is 7.99. The van der Waals surface area contributed by atoms with Gasteiger partial charge in [0.15, 0.2) is 0 Å². The molecule has 1 heterocycles. The van der Waals surface area contributed by atoms with Gasteiger partial charge >= 0.3 is 0 Å². The van der Waals surface area contributed by atoms with Gasteiger partial charge in [-0.1, -0.05) is 26.8 Å². The smallest absolute Gasteiger partial charge is 0.126 e. The molecular formula is C14H25N3S. The van der Waals surface area contributed by atoms with Gasteiger partial charge in [0, 0.05) is 23.2 Å². The van der Waals surface area contributed by atoms with Crippen LogP contribution in [0.4, 0.5) is 5.82 Å². The Bertz CT molecular complexity index is 344. The minimum atomic E-state index is 0.473. The second-order valence-corrected chi connectivity index (χ2v) is 6.03. The molecule has 0 aromatic carbocycles. The number of nitrogen functional groups attached to an aromatic ring is 1. The zero-order chi connectivity index (χ0) is 13.4. The van der Waals surface area contributed by atoms with Gasteiger partial charge in [-0.3, -0.25) is 0 Å². The number of rotatable bonds is 8. The Morgan fingerprint density at radius 2 is 2.22 bits per heavy atom. The van der Waals surface area contributed by atoms with Crippen LogP contribution in [0.1, 0.15) is 32.8 Å². The highest BCUT2D eigenvalue weighted by Gasteiger charge is 2.12. The number of thioether (sulfide) groups is 1. The van der Waals surface area contributed by atoms with Crippen molar-refractivity contribution in [1.82, 2.24) is 10.3 Å². The maximum Gasteiger partial charge on any atom is 0.126 e. The fourth-order valence-corrected chi connectivity index (χ4v) is 2.80. The van der Waals surface area contributed by atoms with Crippen LogP contribution in [0.15, 0.2) is 18.3 Å². The van der Waals surface area contributed by atoms with Crippen LogP contribution in [0, 0.1) is 0 Å². The molecule has 1 aromatic heterocycles. The highest BCUT2D eigenvalue weighted by atomic mass is 32.2. The second-order valence-electron chi connectivity index (χ2n) is 4.56. The van der Waals surface area contributed by atoms with Gasteiger partial charge in [-0.05, 0) is 31.0 Å². The number of anilines is 1. The van der Waals surface area contributed by atoms with Crippen LogP contribution in [0.3, 0.4) is 0 Å². The zero-order valence-electron chi connectivity index (χ0n) is 11.6. The van der Waals surface area contributed by atoms with E-state index < -0.39 is 0 Å². The first-order valence-electron chi connectivity index (χ1n) is 6.71. The summed E-state index contributed by atoms with van der Waals surface area (Å²) >= 11 is 2.03. The lowest BCUT2D eigenvalue weighted by molar-refractivity contribution is 0.572. The summed E-state index contributed by atoms with van der Waals surface area (Å²) in [5.41, 5.74) is 7.05. The van der Waals surface area contributed by atoms with E-state index in [-0.39, 0.29) is 0 Å². The lowest BCUT2D eigenvalue weighted by atomic mass is 10.1. The van der Waals surface area contributed by atoms with Gasteiger partial charge in [-0.15, -0.1) is 0 Å². The molecule has 0 aliphatic carbocycles. The van der Waals surface area contributed by atoms with E-state index in [1.54, 1.807) is 6.20 Å². The molecule has 0 radical (unpaired) electrons. The Labute approximate surface area is 115 Å². The average Bonchev–Trinajstić information content (AvgIpc) is 2.38. The predicted octanol–water partition coefficient (Wildman–Crippen LogP) is 2.72. The summed E-state index contributed by atoms with van der Waals surface area (Å²) < 4.78 is 0. The molecule has 2 unspecified atom stereocenters. The number of pyridine rings is 1. The third kappa shape index (κ3) is 5.27. The van der Waals surface area contributed by atoms with Gasteiger partial charge in [-0.25, -0.2) is 4.98 Å². The SMILES string of the molecule is CCNC(CSC(C)CC)Cc1cccnc1N. The van der Waals surface area contributed by atoms with E-state index in [1.165, 1.54) is 6.42 Å². The van der Waals surface area contributed by atoms with E-state index in [1.807, 2.05) is 17.8 Å². The molecule has 0 saturated heterocycles. The summed E-state index contributed by atoms with van der Waals surface area (Å²) in [7, 11) is 0. The first-order chi connectivity index (χ1) is 8.67. The van der Waals surface area contributed by atoms with Crippen LogP contribution in [0.2, 0.25) is 0 Å². The number of likely N-dealkylation sites (N-methyl/N-ethyl adjacent to an activating group) is 1. The van der Waals surface area contributed by atoms with Gasteiger partial charge in [0.2, 0.25) is 0 Å². The zero-order valence-corrected chi connectivity index (χ0v) is 12.5. The quantitative estimate of drug-likeness (QED) is 0.760. The molecule has 4 heteroatoms. The molecule has 1 rings (SSSR count). The average molecular weight is 267 g/mol. The monoisotopic (exact) mass is 267 g/mol. The van der Waals surface area contributed by atoms with Crippen molar-refractivity contribution >= 4 is 17.6 Å². The Morgan fingerprint density at radius 3 is 2.83 bits per heavy atom. The molecule has 0 bridgehead atoms. The number of hydrogen-bond donors (Lipinski definition) is 2. The number of nitrogens with two attached hydrogens (primary N) is 1. The molecule has 0 spiro atoms. The summed E-state index contributed by atoms with van der Waals surface area (Å²) in [5, 5.41) is 4.25. The molecule has 0 aliphatic rings. The molecule has 0 saturated carbocycles. The van der Waals surface area contributed by atoms with Crippen LogP contribution >= 0.6 is 11.8 Å². The maximum absolute atomic E-state index is 5.90. The van der Waals surface area contributed by atoms with E-state index in [2.05, 4.69) is 37.1 Å². The molecule has 18 heavy (non-hydrogen) atoms. The minimum Gasteiger partial charge on any atom is -0.383 e. The summed E-state index contributed by atoms with van der Waals surface area (Å²) in [4.78, 5) is 4.15. The van der Waals surface area contributed by atoms with Crippen LogP contribution in [0.5, 0.6) is 0 Å². The third-order valence-electron chi connectivity index (χ3n) is 3.04. The maximum atomic E-state index is 5.90. The number of nitrogens with zero attached hydrogens (tertiary/aromatic N) is 1. The van der Waals surface area contributed by atoms with Crippen molar-refractivity contribution in [2.75, 3.05) is 18.0 Å². The topological polar surface area (TPSA) is 50.9 Å². The van der Waals surface area contributed by atoms with Crippen molar-refractivity contribution in [3.05, 3.63) is 23.9 Å². The van der Waals surface area contributed by atoms with Gasteiger partial charge in [0.1, 0.15) is 5.82 Å². The Morgan fingerprint density at radius 1 is 1.44 bits per heavy atom. The Balaban J connectivity index is 2.54. The van der Waals surface area contributed by atoms with E-state index >= 15 is 0 Å². The van der Waals surface area contributed by atoms with E-state index in [4.69, 9.17) is 5.73 Å². The molecule has 0 amide bonds. The van der Waals surface area contributed by atoms with Crippen LogP contribution < -0.4 is 11.1 Å². The van der Waals surface area contributed by atoms with E-state index in [0.717, 1.165) is 29.5 Å². The molecule has 102 valence electrons. The number of nitrogens with one attached hydrogen (secondary N) is 1. The summed E-state index contributed by atoms with van der Waals surface area (Å²) in [6, 6.07) is 4.50. The fourth-order valence-electron chi connectivity index (χ4n) is 1.77. The predicted molar refractivity (Wildman–Crippen MR) is 82.0 cm³/mol. The lowest BCUT2D eigenvalue weighted by Crippen LogP contribution is -2.34. The van der Waals surface area contributed by atoms with E-state index in [0.29, 0.717) is 11.9 Å². The van der Waals surface area contributed by atoms with Gasteiger partial charge in [0.05, 0.1) is 0 Å². The molecule has 3 nitrogen and oxygen atoms in total. The molecular weight excluding hydrogens is 242 g/mol. The fraction of sp³-hybridized carbons (Fsp3) is 0.643. The van der Waals surface area contributed by atoms with Crippen LogP contribution in [0.25, 0.3) is 0 Å². The van der Waals surface area contributed by atoms with Crippen LogP contribution in [-0.2, 0) is 6.42 Å². The number of hydrogen-bond acceptors (Lipinski definition) is 4. The van der Waals surface area contributed by atoms with Gasteiger partial charge < -0.3 is 11.1 Å². The molecule has 2 atom stereocenters. The normalized spacial score (nSPS) is 14.4. The van der Waals surface area contributed by atoms with Crippen molar-refractivity contribution in [2.24, 2.45) is 0 Å². The van der Waals surface area contributed by atoms with Gasteiger partial charge in [0.25, 0.3) is 0 Å². The largest absolute Gasteiger partial charge is 0.383 e. The van der Waals surface area contributed by atoms with Gasteiger partial charge in [-0.2, -0.15) is 11.8 Å². The molecule has 1 aromatic rings. The minimum absolute atomic E-state index is 0.473. The first kappa shape index (κ1) is 15.3. The van der Waals surface area contributed by atoms with Crippen molar-refractivity contribution < 1.29 is 0 Å². The summed E-state index contributed by atoms with van der Waals surface area (Å²) in [5.74, 6) is 1.78. The molecule has 3 N–H and O–H groups in total. The Kier molecular flexibility index (Phi) is 7.13. The summed E-state index contributed by atoms with van der Waals surface area (Å²) in [6.07, 6.45) is 3.92. The number of aromatic nitrogens is 1.